The van der Waals surface area contributed by atoms with E-state index < -0.39 is 59.3 Å². The highest BCUT2D eigenvalue weighted by Gasteiger charge is 2.53. The largest absolute Gasteiger partial charge is 0.393 e. The summed E-state index contributed by atoms with van der Waals surface area (Å²) < 4.78 is 14.0. The van der Waals surface area contributed by atoms with Crippen LogP contribution in [-0.2, 0) is 25.6 Å². The maximum absolute atomic E-state index is 14.0. The second-order valence-corrected chi connectivity index (χ2v) is 10.2. The summed E-state index contributed by atoms with van der Waals surface area (Å²) in [5, 5.41) is 22.4. The Balaban J connectivity index is 1.98. The average molecular weight is 521 g/mol. The zero-order valence-electron chi connectivity index (χ0n) is 21.5. The highest BCUT2D eigenvalue weighted by Crippen LogP contribution is 2.36. The highest BCUT2D eigenvalue weighted by molar-refractivity contribution is 5.97. The number of benzene rings is 1. The normalized spacial score (nSPS) is 24.9. The third-order valence-electron chi connectivity index (χ3n) is 7.57. The quantitative estimate of drug-likeness (QED) is 0.362. The lowest BCUT2D eigenvalue weighted by molar-refractivity contribution is -0.153. The van der Waals surface area contributed by atoms with Crippen LogP contribution in [0.5, 0.6) is 0 Å². The zero-order valence-corrected chi connectivity index (χ0v) is 21.5. The van der Waals surface area contributed by atoms with Crippen molar-refractivity contribution >= 4 is 23.6 Å². The number of halogens is 1. The number of aliphatic hydroxyl groups excluding tert-OH is 2. The van der Waals surface area contributed by atoms with Gasteiger partial charge in [-0.05, 0) is 57.2 Å². The Morgan fingerprint density at radius 2 is 1.84 bits per heavy atom. The van der Waals surface area contributed by atoms with Crippen molar-refractivity contribution in [1.82, 2.24) is 15.1 Å². The van der Waals surface area contributed by atoms with E-state index in [1.807, 2.05) is 0 Å². The second-order valence-electron chi connectivity index (χ2n) is 10.2. The molecule has 0 aliphatic carbocycles. The first-order chi connectivity index (χ1) is 17.4. The van der Waals surface area contributed by atoms with Crippen LogP contribution in [0.1, 0.15) is 52.0 Å². The number of hydrogen-bond donors (Lipinski definition) is 4. The number of rotatable bonds is 9. The number of primary amides is 1. The number of likely N-dealkylation sites (tertiary alicyclic amines) is 2. The van der Waals surface area contributed by atoms with Gasteiger partial charge in [-0.15, -0.1) is 0 Å². The monoisotopic (exact) mass is 520 g/mol. The number of nitrogens with one attached hydrogen (secondary N) is 1. The van der Waals surface area contributed by atoms with Gasteiger partial charge < -0.3 is 31.1 Å². The molecule has 5 N–H and O–H groups in total. The molecule has 4 amide bonds. The molecule has 0 bridgehead atoms. The molecule has 2 saturated heterocycles. The van der Waals surface area contributed by atoms with E-state index in [2.05, 4.69) is 5.32 Å². The third kappa shape index (κ3) is 5.93. The van der Waals surface area contributed by atoms with Crippen LogP contribution in [0.3, 0.4) is 0 Å². The molecule has 1 aromatic rings. The van der Waals surface area contributed by atoms with Gasteiger partial charge in [0.25, 0.3) is 0 Å². The fraction of sp³-hybridized carbons (Fsp3) is 0.615. The third-order valence-corrected chi connectivity index (χ3v) is 7.57. The van der Waals surface area contributed by atoms with Crippen molar-refractivity contribution in [1.29, 1.82) is 0 Å². The summed E-state index contributed by atoms with van der Waals surface area (Å²) in [6.07, 6.45) is -0.493. The Morgan fingerprint density at radius 1 is 1.14 bits per heavy atom. The predicted molar refractivity (Wildman–Crippen MR) is 132 cm³/mol. The summed E-state index contributed by atoms with van der Waals surface area (Å²) in [6, 6.07) is 3.52. The van der Waals surface area contributed by atoms with Crippen LogP contribution in [0.25, 0.3) is 0 Å². The van der Waals surface area contributed by atoms with Crippen molar-refractivity contribution in [2.24, 2.45) is 11.7 Å². The number of aliphatic hydroxyl groups is 2. The van der Waals surface area contributed by atoms with Crippen LogP contribution < -0.4 is 11.1 Å². The molecule has 0 saturated carbocycles. The van der Waals surface area contributed by atoms with Crippen molar-refractivity contribution in [3.63, 3.8) is 0 Å². The molecule has 2 aliphatic heterocycles. The van der Waals surface area contributed by atoms with Crippen molar-refractivity contribution in [3.8, 4) is 0 Å². The smallest absolute Gasteiger partial charge is 0.247 e. The first-order valence-electron chi connectivity index (χ1n) is 12.7. The van der Waals surface area contributed by atoms with E-state index in [1.54, 1.807) is 13.0 Å². The van der Waals surface area contributed by atoms with Crippen LogP contribution in [0.15, 0.2) is 24.3 Å². The number of carbonyl (C=O) groups is 4. The summed E-state index contributed by atoms with van der Waals surface area (Å²) >= 11 is 0. The lowest BCUT2D eigenvalue weighted by Crippen LogP contribution is -2.65. The van der Waals surface area contributed by atoms with Gasteiger partial charge in [-0.1, -0.05) is 19.1 Å². The van der Waals surface area contributed by atoms with E-state index in [0.717, 1.165) is 0 Å². The van der Waals surface area contributed by atoms with Crippen LogP contribution in [0, 0.1) is 11.7 Å². The van der Waals surface area contributed by atoms with Gasteiger partial charge >= 0.3 is 0 Å². The molecule has 3 rings (SSSR count). The van der Waals surface area contributed by atoms with Crippen molar-refractivity contribution in [3.05, 3.63) is 35.6 Å². The first kappa shape index (κ1) is 28.5. The number of nitrogens with zero attached hydrogens (tertiary/aromatic N) is 2. The maximum atomic E-state index is 14.0. The van der Waals surface area contributed by atoms with E-state index in [4.69, 9.17) is 5.73 Å². The molecule has 2 aliphatic rings. The van der Waals surface area contributed by atoms with Crippen molar-refractivity contribution in [2.75, 3.05) is 13.1 Å². The zero-order chi connectivity index (χ0) is 27.5. The fourth-order valence-electron chi connectivity index (χ4n) is 5.32. The Hall–Kier alpha value is -3.05. The first-order valence-corrected chi connectivity index (χ1v) is 12.7. The Bertz CT molecular complexity index is 1030. The SMILES string of the molecule is C[C@H](C(=O)N1CCC[C@H]1C(=O)N1CCC[C@@]1(Cc1cccc(F)c1)C(=O)N[C@H](C(N)=O)[C@@H](C)O)[C@@H](C)O. The summed E-state index contributed by atoms with van der Waals surface area (Å²) in [6.45, 7) is 5.01. The van der Waals surface area contributed by atoms with Gasteiger partial charge in [0.1, 0.15) is 23.4 Å². The highest BCUT2D eigenvalue weighted by atomic mass is 19.1. The fourth-order valence-corrected chi connectivity index (χ4v) is 5.32. The van der Waals surface area contributed by atoms with Gasteiger partial charge in [-0.3, -0.25) is 19.2 Å². The molecule has 6 atom stereocenters. The Labute approximate surface area is 216 Å². The van der Waals surface area contributed by atoms with Gasteiger partial charge in [0, 0.05) is 19.5 Å². The topological polar surface area (TPSA) is 153 Å². The summed E-state index contributed by atoms with van der Waals surface area (Å²) in [7, 11) is 0. The minimum atomic E-state index is -1.49. The molecule has 37 heavy (non-hydrogen) atoms. The van der Waals surface area contributed by atoms with E-state index >= 15 is 0 Å². The molecule has 1 aromatic carbocycles. The molecule has 11 heteroatoms. The van der Waals surface area contributed by atoms with Gasteiger partial charge in [0.2, 0.25) is 23.6 Å². The molecular weight excluding hydrogens is 483 g/mol. The van der Waals surface area contributed by atoms with Crippen LogP contribution in [0.2, 0.25) is 0 Å². The molecule has 2 heterocycles. The number of carbonyl (C=O) groups excluding carboxylic acids is 4. The molecule has 0 spiro atoms. The van der Waals surface area contributed by atoms with Gasteiger partial charge in [0.05, 0.1) is 18.1 Å². The van der Waals surface area contributed by atoms with Crippen molar-refractivity contribution < 1.29 is 33.8 Å². The van der Waals surface area contributed by atoms with E-state index in [0.29, 0.717) is 31.4 Å². The lowest BCUT2D eigenvalue weighted by Gasteiger charge is -2.41. The standard InChI is InChI=1S/C26H37FN4O6/c1-15(16(2)32)23(35)30-11-5-9-20(30)24(36)31-12-6-10-26(31,14-18-7-4-8-19(27)13-18)25(37)29-21(17(3)33)22(28)34/h4,7-8,13,15-17,20-21,32-33H,5-6,9-12,14H2,1-3H3,(H2,28,34)(H,29,37)/t15-,16+,17+,20-,21-,26+/m0/s1. The molecule has 204 valence electrons. The van der Waals surface area contributed by atoms with E-state index in [1.165, 1.54) is 41.8 Å². The number of hydrogen-bond acceptors (Lipinski definition) is 6. The molecule has 0 unspecified atom stereocenters. The number of nitrogens with two attached hydrogens (primary N) is 1. The summed E-state index contributed by atoms with van der Waals surface area (Å²) in [4.78, 5) is 55.6. The van der Waals surface area contributed by atoms with E-state index in [-0.39, 0.29) is 25.3 Å². The molecule has 2 fully saturated rings. The molecule has 0 radical (unpaired) electrons. The second kappa shape index (κ2) is 11.6. The molecular formula is C26H37FN4O6. The number of amides is 4. The van der Waals surface area contributed by atoms with Gasteiger partial charge in [-0.25, -0.2) is 4.39 Å². The molecule has 0 aromatic heterocycles. The minimum absolute atomic E-state index is 0.0294. The summed E-state index contributed by atoms with van der Waals surface area (Å²) in [5.41, 5.74) is 4.38. The lowest BCUT2D eigenvalue weighted by atomic mass is 9.86. The maximum Gasteiger partial charge on any atom is 0.247 e. The molecule has 10 nitrogen and oxygen atoms in total. The Morgan fingerprint density at radius 3 is 2.43 bits per heavy atom. The predicted octanol–water partition coefficient (Wildman–Crippen LogP) is 0.0882. The van der Waals surface area contributed by atoms with Crippen molar-refractivity contribution in [2.45, 2.75) is 82.7 Å². The minimum Gasteiger partial charge on any atom is -0.393 e. The van der Waals surface area contributed by atoms with Crippen LogP contribution >= 0.6 is 0 Å². The van der Waals surface area contributed by atoms with Gasteiger partial charge in [-0.2, -0.15) is 0 Å². The van der Waals surface area contributed by atoms with Gasteiger partial charge in [0.15, 0.2) is 0 Å². The summed E-state index contributed by atoms with van der Waals surface area (Å²) in [5.74, 6) is -3.56. The average Bonchev–Trinajstić information content (AvgIpc) is 3.48. The van der Waals surface area contributed by atoms with E-state index in [9.17, 15) is 33.8 Å². The van der Waals surface area contributed by atoms with Crippen LogP contribution in [-0.4, -0.2) is 86.6 Å². The Kier molecular flexibility index (Phi) is 8.91. The van der Waals surface area contributed by atoms with Crippen LogP contribution in [0.4, 0.5) is 4.39 Å².